The minimum Gasteiger partial charge on any atom is -0.378 e. The normalized spacial score (nSPS) is 18.8. The molecule has 0 N–H and O–H groups in total. The SMILES string of the molecule is Cc1ncc(-c2ccc3cnc(CC(=O)C4CCN(C5COC5)CC4)cc3n2)s1. The van der Waals surface area contributed by atoms with Gasteiger partial charge >= 0.3 is 0 Å². The Kier molecular flexibility index (Phi) is 5.11. The number of hydrogen-bond donors (Lipinski definition) is 0. The lowest BCUT2D eigenvalue weighted by atomic mass is 9.89. The van der Waals surface area contributed by atoms with Crippen LogP contribution < -0.4 is 0 Å². The summed E-state index contributed by atoms with van der Waals surface area (Å²) in [6, 6.07) is 6.56. The molecular weight excluding hydrogens is 384 g/mol. The molecule has 2 aliphatic rings. The van der Waals surface area contributed by atoms with E-state index in [9.17, 15) is 4.79 Å². The van der Waals surface area contributed by atoms with Gasteiger partial charge in [-0.2, -0.15) is 0 Å². The van der Waals surface area contributed by atoms with Crippen molar-refractivity contribution >= 4 is 28.0 Å². The van der Waals surface area contributed by atoms with Crippen molar-refractivity contribution in [1.82, 2.24) is 19.9 Å². The quantitative estimate of drug-likeness (QED) is 0.645. The van der Waals surface area contributed by atoms with Crippen molar-refractivity contribution in [2.24, 2.45) is 5.92 Å². The summed E-state index contributed by atoms with van der Waals surface area (Å²) in [5.41, 5.74) is 2.60. The lowest BCUT2D eigenvalue weighted by Crippen LogP contribution is -2.52. The van der Waals surface area contributed by atoms with E-state index in [4.69, 9.17) is 9.72 Å². The molecular formula is C22H24N4O2S. The molecule has 3 aromatic heterocycles. The molecule has 29 heavy (non-hydrogen) atoms. The summed E-state index contributed by atoms with van der Waals surface area (Å²) in [5.74, 6) is 0.444. The number of aromatic nitrogens is 3. The van der Waals surface area contributed by atoms with Crippen molar-refractivity contribution < 1.29 is 9.53 Å². The number of carbonyl (C=O) groups excluding carboxylic acids is 1. The van der Waals surface area contributed by atoms with Crippen molar-refractivity contribution in [1.29, 1.82) is 0 Å². The van der Waals surface area contributed by atoms with Gasteiger partial charge in [0.1, 0.15) is 5.78 Å². The highest BCUT2D eigenvalue weighted by atomic mass is 32.1. The number of nitrogens with zero attached hydrogens (tertiary/aromatic N) is 4. The van der Waals surface area contributed by atoms with Gasteiger partial charge in [-0.3, -0.25) is 14.7 Å². The van der Waals surface area contributed by atoms with E-state index < -0.39 is 0 Å². The molecule has 0 aliphatic carbocycles. The van der Waals surface area contributed by atoms with Gasteiger partial charge in [0.2, 0.25) is 0 Å². The number of ether oxygens (including phenoxy) is 1. The molecule has 0 amide bonds. The number of likely N-dealkylation sites (tertiary alicyclic amines) is 1. The molecule has 5 rings (SSSR count). The van der Waals surface area contributed by atoms with Crippen LogP contribution in [0.15, 0.2) is 30.6 Å². The summed E-state index contributed by atoms with van der Waals surface area (Å²) in [4.78, 5) is 30.0. The molecule has 6 nitrogen and oxygen atoms in total. The number of Topliss-reactive ketones (excluding diaryl/α,β-unsaturated/α-hetero) is 1. The minimum absolute atomic E-state index is 0.143. The first-order valence-corrected chi connectivity index (χ1v) is 11.0. The Labute approximate surface area is 174 Å². The van der Waals surface area contributed by atoms with Gasteiger partial charge in [0.15, 0.2) is 0 Å². The molecule has 0 bridgehead atoms. The van der Waals surface area contributed by atoms with Crippen molar-refractivity contribution in [2.75, 3.05) is 26.3 Å². The van der Waals surface area contributed by atoms with Gasteiger partial charge in [0.25, 0.3) is 0 Å². The molecule has 0 aromatic carbocycles. The van der Waals surface area contributed by atoms with Crippen LogP contribution in [0, 0.1) is 12.8 Å². The second-order valence-electron chi connectivity index (χ2n) is 7.95. The third kappa shape index (κ3) is 3.95. The Hall–Kier alpha value is -2.22. The number of thiazole rings is 1. The predicted molar refractivity (Wildman–Crippen MR) is 113 cm³/mol. The highest BCUT2D eigenvalue weighted by Crippen LogP contribution is 2.27. The monoisotopic (exact) mass is 408 g/mol. The van der Waals surface area contributed by atoms with Crippen LogP contribution in [0.2, 0.25) is 0 Å². The maximum atomic E-state index is 12.8. The Morgan fingerprint density at radius 1 is 1.21 bits per heavy atom. The van der Waals surface area contributed by atoms with Crippen molar-refractivity contribution in [2.45, 2.75) is 32.2 Å². The highest BCUT2D eigenvalue weighted by molar-refractivity contribution is 7.15. The Bertz CT molecular complexity index is 1040. The Morgan fingerprint density at radius 3 is 2.72 bits per heavy atom. The van der Waals surface area contributed by atoms with Gasteiger partial charge in [0, 0.05) is 35.8 Å². The number of rotatable bonds is 5. The average molecular weight is 409 g/mol. The maximum absolute atomic E-state index is 12.8. The molecule has 7 heteroatoms. The van der Waals surface area contributed by atoms with Crippen LogP contribution in [-0.4, -0.2) is 58.0 Å². The van der Waals surface area contributed by atoms with E-state index in [1.165, 1.54) is 0 Å². The fraction of sp³-hybridized carbons (Fsp3) is 0.455. The molecule has 2 fully saturated rings. The first-order valence-electron chi connectivity index (χ1n) is 10.2. The van der Waals surface area contributed by atoms with E-state index in [0.717, 1.165) is 71.3 Å². The summed E-state index contributed by atoms with van der Waals surface area (Å²) < 4.78 is 5.29. The summed E-state index contributed by atoms with van der Waals surface area (Å²) in [6.07, 6.45) is 5.96. The minimum atomic E-state index is 0.143. The van der Waals surface area contributed by atoms with Crippen LogP contribution >= 0.6 is 11.3 Å². The average Bonchev–Trinajstić information content (AvgIpc) is 3.13. The van der Waals surface area contributed by atoms with E-state index >= 15 is 0 Å². The molecule has 3 aromatic rings. The van der Waals surface area contributed by atoms with Gasteiger partial charge in [0.05, 0.1) is 40.4 Å². The van der Waals surface area contributed by atoms with E-state index in [1.807, 2.05) is 37.5 Å². The zero-order valence-electron chi connectivity index (χ0n) is 16.5. The van der Waals surface area contributed by atoms with E-state index in [0.29, 0.717) is 18.2 Å². The topological polar surface area (TPSA) is 68.2 Å². The molecule has 0 saturated carbocycles. The van der Waals surface area contributed by atoms with Crippen LogP contribution in [0.3, 0.4) is 0 Å². The molecule has 0 unspecified atom stereocenters. The lowest BCUT2D eigenvalue weighted by molar-refractivity contribution is -0.125. The van der Waals surface area contributed by atoms with Crippen LogP contribution in [-0.2, 0) is 16.0 Å². The first-order chi connectivity index (χ1) is 14.2. The number of hydrogen-bond acceptors (Lipinski definition) is 7. The summed E-state index contributed by atoms with van der Waals surface area (Å²) in [7, 11) is 0. The number of ketones is 1. The van der Waals surface area contributed by atoms with Crippen LogP contribution in [0.4, 0.5) is 0 Å². The summed E-state index contributed by atoms with van der Waals surface area (Å²) >= 11 is 1.64. The molecule has 0 radical (unpaired) electrons. The standard InChI is InChI=1S/C22H24N4O2S/c1-14-23-11-22(29-14)19-3-2-16-10-24-17(8-20(16)25-19)9-21(27)15-4-6-26(7-5-15)18-12-28-13-18/h2-3,8,10-11,15,18H,4-7,9,12-13H2,1H3. The van der Waals surface area contributed by atoms with E-state index in [-0.39, 0.29) is 5.92 Å². The van der Waals surface area contributed by atoms with Crippen LogP contribution in [0.1, 0.15) is 23.5 Å². The fourth-order valence-corrected chi connectivity index (χ4v) is 4.86. The predicted octanol–water partition coefficient (Wildman–Crippen LogP) is 3.28. The zero-order valence-corrected chi connectivity index (χ0v) is 17.3. The largest absolute Gasteiger partial charge is 0.378 e. The smallest absolute Gasteiger partial charge is 0.142 e. The van der Waals surface area contributed by atoms with Crippen molar-refractivity contribution in [3.05, 3.63) is 41.3 Å². The van der Waals surface area contributed by atoms with Gasteiger partial charge in [-0.25, -0.2) is 9.97 Å². The van der Waals surface area contributed by atoms with E-state index in [2.05, 4.69) is 14.9 Å². The highest BCUT2D eigenvalue weighted by Gasteiger charge is 2.31. The Balaban J connectivity index is 1.28. The fourth-order valence-electron chi connectivity index (χ4n) is 4.12. The summed E-state index contributed by atoms with van der Waals surface area (Å²) in [6.45, 7) is 5.67. The van der Waals surface area contributed by atoms with Gasteiger partial charge in [-0.15, -0.1) is 11.3 Å². The van der Waals surface area contributed by atoms with Crippen molar-refractivity contribution in [3.8, 4) is 10.6 Å². The number of piperidine rings is 1. The van der Waals surface area contributed by atoms with Crippen LogP contribution in [0.25, 0.3) is 21.5 Å². The van der Waals surface area contributed by atoms with E-state index in [1.54, 1.807) is 11.3 Å². The number of aryl methyl sites for hydroxylation is 1. The van der Waals surface area contributed by atoms with Gasteiger partial charge in [-0.1, -0.05) is 0 Å². The zero-order chi connectivity index (χ0) is 19.8. The van der Waals surface area contributed by atoms with Crippen molar-refractivity contribution in [3.63, 3.8) is 0 Å². The maximum Gasteiger partial charge on any atom is 0.142 e. The molecule has 2 saturated heterocycles. The first kappa shape index (κ1) is 18.8. The second-order valence-corrected chi connectivity index (χ2v) is 9.19. The Morgan fingerprint density at radius 2 is 2.03 bits per heavy atom. The summed E-state index contributed by atoms with van der Waals surface area (Å²) in [5, 5.41) is 2.01. The van der Waals surface area contributed by atoms with Gasteiger partial charge in [-0.05, 0) is 51.1 Å². The third-order valence-electron chi connectivity index (χ3n) is 5.98. The second kappa shape index (κ2) is 7.89. The number of pyridine rings is 2. The molecule has 0 atom stereocenters. The molecule has 2 aliphatic heterocycles. The number of carbonyl (C=O) groups is 1. The number of fused-ring (bicyclic) bond motifs is 1. The van der Waals surface area contributed by atoms with Crippen LogP contribution in [0.5, 0.6) is 0 Å². The lowest BCUT2D eigenvalue weighted by Gasteiger charge is -2.41. The molecule has 0 spiro atoms. The third-order valence-corrected chi connectivity index (χ3v) is 6.92. The molecule has 5 heterocycles. The van der Waals surface area contributed by atoms with Gasteiger partial charge < -0.3 is 4.74 Å². The molecule has 150 valence electrons.